The molecule has 2 N–H and O–H groups in total. The van der Waals surface area contributed by atoms with E-state index in [1.807, 2.05) is 42.6 Å². The van der Waals surface area contributed by atoms with Crippen molar-refractivity contribution in [3.8, 4) is 0 Å². The predicted molar refractivity (Wildman–Crippen MR) is 102 cm³/mol. The van der Waals surface area contributed by atoms with Crippen LogP contribution in [0.5, 0.6) is 0 Å². The van der Waals surface area contributed by atoms with E-state index in [0.717, 1.165) is 5.56 Å². The minimum Gasteiger partial charge on any atom is -0.326 e. The second-order valence-corrected chi connectivity index (χ2v) is 6.67. The van der Waals surface area contributed by atoms with Gasteiger partial charge in [0.1, 0.15) is 0 Å². The average molecular weight is 350 g/mol. The predicted octanol–water partition coefficient (Wildman–Crippen LogP) is 4.49. The van der Waals surface area contributed by atoms with Gasteiger partial charge in [-0.25, -0.2) is 0 Å². The van der Waals surface area contributed by atoms with Crippen molar-refractivity contribution < 1.29 is 9.59 Å². The van der Waals surface area contributed by atoms with Crippen molar-refractivity contribution in [3.05, 3.63) is 82.0 Å². The van der Waals surface area contributed by atoms with Gasteiger partial charge in [0.05, 0.1) is 11.3 Å². The summed E-state index contributed by atoms with van der Waals surface area (Å²) in [6.45, 7) is 2.01. The van der Waals surface area contributed by atoms with Crippen LogP contribution in [0.25, 0.3) is 0 Å². The molecule has 3 rings (SSSR count). The van der Waals surface area contributed by atoms with E-state index in [4.69, 9.17) is 0 Å². The number of amides is 2. The molecule has 1 heterocycles. The summed E-state index contributed by atoms with van der Waals surface area (Å²) < 4.78 is 0. The quantitative estimate of drug-likeness (QED) is 0.712. The summed E-state index contributed by atoms with van der Waals surface area (Å²) in [5.74, 6) is -0.247. The minimum absolute atomic E-state index is 0.0920. The van der Waals surface area contributed by atoms with Gasteiger partial charge in [0.15, 0.2) is 0 Å². The third kappa shape index (κ3) is 4.78. The van der Waals surface area contributed by atoms with Gasteiger partial charge in [-0.1, -0.05) is 42.0 Å². The maximum atomic E-state index is 12.2. The van der Waals surface area contributed by atoms with Crippen LogP contribution in [0.4, 0.5) is 11.4 Å². The van der Waals surface area contributed by atoms with Gasteiger partial charge >= 0.3 is 0 Å². The maximum Gasteiger partial charge on any atom is 0.265 e. The molecule has 4 nitrogen and oxygen atoms in total. The van der Waals surface area contributed by atoms with Crippen LogP contribution in [0.15, 0.2) is 66.0 Å². The Bertz CT molecular complexity index is 871. The second-order valence-electron chi connectivity index (χ2n) is 5.72. The lowest BCUT2D eigenvalue weighted by Gasteiger charge is -2.09. The highest BCUT2D eigenvalue weighted by Gasteiger charge is 2.08. The van der Waals surface area contributed by atoms with Crippen LogP contribution in [0, 0.1) is 6.92 Å². The molecule has 0 aliphatic rings. The van der Waals surface area contributed by atoms with Crippen molar-refractivity contribution >= 4 is 34.5 Å². The van der Waals surface area contributed by atoms with Crippen molar-refractivity contribution in [2.24, 2.45) is 0 Å². The van der Waals surface area contributed by atoms with E-state index in [9.17, 15) is 9.59 Å². The Kier molecular flexibility index (Phi) is 5.26. The number of nitrogens with one attached hydrogen (secondary N) is 2. The van der Waals surface area contributed by atoms with Gasteiger partial charge in [-0.2, -0.15) is 0 Å². The first-order valence-electron chi connectivity index (χ1n) is 7.90. The topological polar surface area (TPSA) is 58.2 Å². The van der Waals surface area contributed by atoms with E-state index in [-0.39, 0.29) is 11.8 Å². The van der Waals surface area contributed by atoms with Gasteiger partial charge in [-0.05, 0) is 42.1 Å². The molecule has 0 saturated carbocycles. The van der Waals surface area contributed by atoms with Gasteiger partial charge in [0, 0.05) is 11.4 Å². The third-order valence-electron chi connectivity index (χ3n) is 3.63. The van der Waals surface area contributed by atoms with Gasteiger partial charge in [-0.3, -0.25) is 9.59 Å². The first kappa shape index (κ1) is 16.9. The monoisotopic (exact) mass is 350 g/mol. The fourth-order valence-electron chi connectivity index (χ4n) is 2.37. The zero-order valence-corrected chi connectivity index (χ0v) is 14.6. The van der Waals surface area contributed by atoms with Crippen molar-refractivity contribution in [2.75, 3.05) is 10.6 Å². The Hall–Kier alpha value is -2.92. The van der Waals surface area contributed by atoms with Crippen LogP contribution in [0.1, 0.15) is 20.8 Å². The first-order valence-corrected chi connectivity index (χ1v) is 8.78. The summed E-state index contributed by atoms with van der Waals surface area (Å²) in [5, 5.41) is 7.56. The Balaban J connectivity index is 1.62. The van der Waals surface area contributed by atoms with E-state index in [1.54, 1.807) is 30.3 Å². The third-order valence-corrected chi connectivity index (χ3v) is 4.50. The number of carbonyl (C=O) groups excluding carboxylic acids is 2. The number of benzene rings is 2. The molecular weight excluding hydrogens is 332 g/mol. The molecule has 0 radical (unpaired) electrons. The number of aryl methyl sites for hydroxylation is 1. The molecule has 0 saturated heterocycles. The van der Waals surface area contributed by atoms with Crippen LogP contribution < -0.4 is 10.6 Å². The molecule has 3 aromatic rings. The fourth-order valence-corrected chi connectivity index (χ4v) is 2.99. The molecule has 0 fully saturated rings. The highest BCUT2D eigenvalue weighted by Crippen LogP contribution is 2.18. The molecule has 0 aliphatic carbocycles. The molecule has 5 heteroatoms. The van der Waals surface area contributed by atoms with Crippen LogP contribution >= 0.6 is 11.3 Å². The smallest absolute Gasteiger partial charge is 0.265 e. The Morgan fingerprint density at radius 2 is 1.64 bits per heavy atom. The van der Waals surface area contributed by atoms with E-state index in [2.05, 4.69) is 10.6 Å². The molecule has 1 aromatic heterocycles. The molecular formula is C20H18N2O2S. The molecule has 0 spiro atoms. The summed E-state index contributed by atoms with van der Waals surface area (Å²) in [7, 11) is 0. The first-order chi connectivity index (χ1) is 12.1. The SMILES string of the molecule is Cc1ccc(CC(=O)Nc2cccc(NC(=O)c3cccs3)c2)cc1. The number of hydrogen-bond acceptors (Lipinski definition) is 3. The molecule has 0 bridgehead atoms. The van der Waals surface area contributed by atoms with Gasteiger partial charge in [0.25, 0.3) is 5.91 Å². The summed E-state index contributed by atoms with van der Waals surface area (Å²) >= 11 is 1.39. The summed E-state index contributed by atoms with van der Waals surface area (Å²) in [5.41, 5.74) is 3.43. The number of hydrogen-bond donors (Lipinski definition) is 2. The minimum atomic E-state index is -0.155. The van der Waals surface area contributed by atoms with Crippen molar-refractivity contribution in [1.29, 1.82) is 0 Å². The maximum absolute atomic E-state index is 12.2. The van der Waals surface area contributed by atoms with E-state index in [1.165, 1.54) is 16.9 Å². The summed E-state index contributed by atoms with van der Waals surface area (Å²) in [4.78, 5) is 24.9. The summed E-state index contributed by atoms with van der Waals surface area (Å²) in [6.07, 6.45) is 0.312. The van der Waals surface area contributed by atoms with Gasteiger partial charge in [-0.15, -0.1) is 11.3 Å². The Morgan fingerprint density at radius 1 is 0.920 bits per heavy atom. The zero-order chi connectivity index (χ0) is 17.6. The fraction of sp³-hybridized carbons (Fsp3) is 0.100. The number of carbonyl (C=O) groups is 2. The molecule has 2 aromatic carbocycles. The van der Waals surface area contributed by atoms with Gasteiger partial charge < -0.3 is 10.6 Å². The molecule has 126 valence electrons. The summed E-state index contributed by atoms with van der Waals surface area (Å²) in [6, 6.07) is 18.6. The van der Waals surface area contributed by atoms with Crippen LogP contribution in [-0.4, -0.2) is 11.8 Å². The van der Waals surface area contributed by atoms with E-state index >= 15 is 0 Å². The number of rotatable bonds is 5. The van der Waals surface area contributed by atoms with Crippen LogP contribution in [0.2, 0.25) is 0 Å². The molecule has 0 aliphatic heterocycles. The lowest BCUT2D eigenvalue weighted by Crippen LogP contribution is -2.15. The van der Waals surface area contributed by atoms with Crippen molar-refractivity contribution in [3.63, 3.8) is 0 Å². The highest BCUT2D eigenvalue weighted by atomic mass is 32.1. The van der Waals surface area contributed by atoms with Crippen molar-refractivity contribution in [1.82, 2.24) is 0 Å². The average Bonchev–Trinajstić information content (AvgIpc) is 3.12. The van der Waals surface area contributed by atoms with Gasteiger partial charge in [0.2, 0.25) is 5.91 Å². The number of anilines is 2. The molecule has 0 unspecified atom stereocenters. The molecule has 2 amide bonds. The number of thiophene rings is 1. The van der Waals surface area contributed by atoms with E-state index in [0.29, 0.717) is 22.7 Å². The van der Waals surface area contributed by atoms with Crippen molar-refractivity contribution in [2.45, 2.75) is 13.3 Å². The largest absolute Gasteiger partial charge is 0.326 e. The van der Waals surface area contributed by atoms with Crippen LogP contribution in [0.3, 0.4) is 0 Å². The molecule has 25 heavy (non-hydrogen) atoms. The Morgan fingerprint density at radius 3 is 2.32 bits per heavy atom. The zero-order valence-electron chi connectivity index (χ0n) is 13.8. The molecule has 0 atom stereocenters. The second kappa shape index (κ2) is 7.77. The lowest BCUT2D eigenvalue weighted by molar-refractivity contribution is -0.115. The normalized spacial score (nSPS) is 10.3. The standard InChI is InChI=1S/C20H18N2O2S/c1-14-7-9-15(10-8-14)12-19(23)21-16-4-2-5-17(13-16)22-20(24)18-6-3-11-25-18/h2-11,13H,12H2,1H3,(H,21,23)(H,22,24). The highest BCUT2D eigenvalue weighted by molar-refractivity contribution is 7.12. The van der Waals surface area contributed by atoms with Crippen LogP contribution in [-0.2, 0) is 11.2 Å². The lowest BCUT2D eigenvalue weighted by atomic mass is 10.1. The van der Waals surface area contributed by atoms with E-state index < -0.39 is 0 Å². The Labute approximate surface area is 150 Å².